The molecular weight excluding hydrogens is 470 g/mol. The molecule has 0 saturated heterocycles. The van der Waals surface area contributed by atoms with Gasteiger partial charge in [0.1, 0.15) is 6.61 Å². The van der Waals surface area contributed by atoms with Gasteiger partial charge in [-0.25, -0.2) is 0 Å². The van der Waals surface area contributed by atoms with Crippen LogP contribution in [0, 0.1) is 0 Å². The first-order valence-electron chi connectivity index (χ1n) is 15.3. The molecule has 0 bridgehead atoms. The van der Waals surface area contributed by atoms with Crippen LogP contribution in [0.1, 0.15) is 142 Å². The van der Waals surface area contributed by atoms with Crippen molar-refractivity contribution in [3.8, 4) is 0 Å². The summed E-state index contributed by atoms with van der Waals surface area (Å²) in [5.74, 6) is -0.461. The van der Waals surface area contributed by atoms with E-state index in [0.29, 0.717) is 6.42 Å². The fraction of sp³-hybridized carbons (Fsp3) is 0.676. The monoisotopic (exact) mass is 525 g/mol. The van der Waals surface area contributed by atoms with Crippen molar-refractivity contribution in [3.05, 3.63) is 47.2 Å². The number of carbonyl (C=O) groups is 1. The lowest BCUT2D eigenvalue weighted by atomic mass is 9.85. The third-order valence-corrected chi connectivity index (χ3v) is 7.65. The van der Waals surface area contributed by atoms with Crippen molar-refractivity contribution >= 4 is 16.9 Å². The van der Waals surface area contributed by atoms with E-state index >= 15 is 0 Å². The third-order valence-electron chi connectivity index (χ3n) is 7.65. The Morgan fingerprint density at radius 2 is 1.53 bits per heavy atom. The van der Waals surface area contributed by atoms with Crippen molar-refractivity contribution in [2.75, 3.05) is 6.61 Å². The van der Waals surface area contributed by atoms with E-state index in [1.807, 2.05) is 6.20 Å². The molecular formula is C34H55NO3. The lowest BCUT2D eigenvalue weighted by molar-refractivity contribution is -0.145. The molecule has 0 amide bonds. The van der Waals surface area contributed by atoms with Crippen LogP contribution in [0.5, 0.6) is 0 Å². The van der Waals surface area contributed by atoms with Crippen LogP contribution in [0.4, 0.5) is 0 Å². The summed E-state index contributed by atoms with van der Waals surface area (Å²) in [6, 6.07) is 6.42. The molecule has 1 heterocycles. The highest BCUT2D eigenvalue weighted by atomic mass is 16.5. The van der Waals surface area contributed by atoms with E-state index in [4.69, 9.17) is 4.74 Å². The summed E-state index contributed by atoms with van der Waals surface area (Å²) < 4.78 is 5.70. The Kier molecular flexibility index (Phi) is 14.8. The van der Waals surface area contributed by atoms with Crippen LogP contribution in [-0.4, -0.2) is 28.3 Å². The van der Waals surface area contributed by atoms with Crippen molar-refractivity contribution in [1.82, 2.24) is 4.98 Å². The molecule has 0 saturated carbocycles. The highest BCUT2D eigenvalue weighted by Crippen LogP contribution is 2.34. The van der Waals surface area contributed by atoms with E-state index in [1.165, 1.54) is 81.8 Å². The fourth-order valence-electron chi connectivity index (χ4n) is 5.14. The number of esters is 1. The van der Waals surface area contributed by atoms with Crippen molar-refractivity contribution in [2.24, 2.45) is 0 Å². The number of unbranched alkanes of at least 4 members (excludes halogenated alkanes) is 12. The van der Waals surface area contributed by atoms with E-state index in [9.17, 15) is 9.90 Å². The molecule has 0 aliphatic rings. The Balaban J connectivity index is 1.72. The van der Waals surface area contributed by atoms with Crippen LogP contribution >= 0.6 is 0 Å². The third kappa shape index (κ3) is 12.2. The summed E-state index contributed by atoms with van der Waals surface area (Å²) in [5, 5.41) is 12.0. The van der Waals surface area contributed by atoms with Gasteiger partial charge in [-0.05, 0) is 63.8 Å². The van der Waals surface area contributed by atoms with E-state index in [-0.39, 0.29) is 18.5 Å². The van der Waals surface area contributed by atoms with Crippen molar-refractivity contribution in [2.45, 2.75) is 142 Å². The van der Waals surface area contributed by atoms with E-state index in [2.05, 4.69) is 50.0 Å². The average molecular weight is 526 g/mol. The molecule has 1 aromatic carbocycles. The molecule has 2 aromatic rings. The quantitative estimate of drug-likeness (QED) is 0.103. The zero-order chi connectivity index (χ0) is 27.8. The first kappa shape index (κ1) is 32.1. The number of H-pyrrole nitrogens is 1. The summed E-state index contributed by atoms with van der Waals surface area (Å²) in [6.45, 7) is 10.3. The van der Waals surface area contributed by atoms with Gasteiger partial charge in [0.15, 0.2) is 0 Å². The number of aromatic amines is 1. The Bertz CT molecular complexity index is 962. The van der Waals surface area contributed by atoms with Gasteiger partial charge >= 0.3 is 5.97 Å². The molecule has 0 aliphatic heterocycles. The minimum atomic E-state index is -1.01. The number of allylic oxidation sites excluding steroid dienone is 2. The molecule has 0 radical (unpaired) electrons. The maximum atomic E-state index is 12.5. The predicted octanol–water partition coefficient (Wildman–Crippen LogP) is 9.56. The van der Waals surface area contributed by atoms with Gasteiger partial charge in [-0.2, -0.15) is 0 Å². The molecule has 1 atom stereocenters. The topological polar surface area (TPSA) is 62.3 Å². The van der Waals surface area contributed by atoms with Crippen LogP contribution in [0.2, 0.25) is 0 Å². The van der Waals surface area contributed by atoms with Gasteiger partial charge < -0.3 is 14.8 Å². The highest BCUT2D eigenvalue weighted by Gasteiger charge is 2.31. The summed E-state index contributed by atoms with van der Waals surface area (Å²) in [5.41, 5.74) is 3.55. The number of nitrogens with one attached hydrogen (secondary N) is 1. The van der Waals surface area contributed by atoms with Crippen LogP contribution in [-0.2, 0) is 16.0 Å². The zero-order valence-corrected chi connectivity index (χ0v) is 25.0. The lowest BCUT2D eigenvalue weighted by Crippen LogP contribution is -2.33. The first-order valence-corrected chi connectivity index (χ1v) is 15.3. The molecule has 0 fully saturated rings. The SMILES string of the molecule is CCCCCCCCCCCCCCCC(=O)OC[C@H](c1c[nH]c2ccc(CC=C(C)C)cc12)C(C)(C)O. The van der Waals surface area contributed by atoms with Crippen molar-refractivity contribution in [1.29, 1.82) is 0 Å². The van der Waals surface area contributed by atoms with Gasteiger partial charge in [0.2, 0.25) is 0 Å². The van der Waals surface area contributed by atoms with Crippen molar-refractivity contribution in [3.63, 3.8) is 0 Å². The second kappa shape index (κ2) is 17.5. The van der Waals surface area contributed by atoms with E-state index in [1.54, 1.807) is 13.8 Å². The molecule has 214 valence electrons. The van der Waals surface area contributed by atoms with Gasteiger partial charge in [0.05, 0.1) is 5.60 Å². The van der Waals surface area contributed by atoms with E-state index < -0.39 is 5.60 Å². The molecule has 0 spiro atoms. The first-order chi connectivity index (χ1) is 18.2. The summed E-state index contributed by atoms with van der Waals surface area (Å²) >= 11 is 0. The maximum absolute atomic E-state index is 12.5. The number of hydrogen-bond acceptors (Lipinski definition) is 3. The summed E-state index contributed by atoms with van der Waals surface area (Å²) in [4.78, 5) is 15.8. The molecule has 0 aliphatic carbocycles. The van der Waals surface area contributed by atoms with Crippen LogP contribution in [0.15, 0.2) is 36.0 Å². The predicted molar refractivity (Wildman–Crippen MR) is 162 cm³/mol. The zero-order valence-electron chi connectivity index (χ0n) is 25.0. The van der Waals surface area contributed by atoms with Gasteiger partial charge in [-0.1, -0.05) is 102 Å². The minimum absolute atomic E-state index is 0.161. The largest absolute Gasteiger partial charge is 0.465 e. The normalized spacial score (nSPS) is 12.6. The van der Waals surface area contributed by atoms with Gasteiger partial charge in [-0.15, -0.1) is 0 Å². The molecule has 38 heavy (non-hydrogen) atoms. The second-order valence-electron chi connectivity index (χ2n) is 12.0. The highest BCUT2D eigenvalue weighted by molar-refractivity contribution is 5.84. The number of aliphatic hydroxyl groups is 1. The van der Waals surface area contributed by atoms with Crippen molar-refractivity contribution < 1.29 is 14.6 Å². The molecule has 4 nitrogen and oxygen atoms in total. The number of ether oxygens (including phenoxy) is 1. The number of benzene rings is 1. The molecule has 1 aromatic heterocycles. The van der Waals surface area contributed by atoms with E-state index in [0.717, 1.165) is 35.7 Å². The number of hydrogen-bond donors (Lipinski definition) is 2. The maximum Gasteiger partial charge on any atom is 0.305 e. The molecule has 2 N–H and O–H groups in total. The lowest BCUT2D eigenvalue weighted by Gasteiger charge is -2.29. The number of aromatic nitrogens is 1. The van der Waals surface area contributed by atoms with Crippen LogP contribution < -0.4 is 0 Å². The smallest absolute Gasteiger partial charge is 0.305 e. The molecule has 2 rings (SSSR count). The van der Waals surface area contributed by atoms with Gasteiger partial charge in [0, 0.05) is 29.4 Å². The second-order valence-corrected chi connectivity index (χ2v) is 12.0. The summed E-state index contributed by atoms with van der Waals surface area (Å²) in [7, 11) is 0. The van der Waals surface area contributed by atoms with Crippen LogP contribution in [0.3, 0.4) is 0 Å². The molecule has 0 unspecified atom stereocenters. The molecule has 4 heteroatoms. The van der Waals surface area contributed by atoms with Gasteiger partial charge in [-0.3, -0.25) is 4.79 Å². The minimum Gasteiger partial charge on any atom is -0.465 e. The van der Waals surface area contributed by atoms with Gasteiger partial charge in [0.25, 0.3) is 0 Å². The number of rotatable bonds is 20. The standard InChI is InChI=1S/C34H55NO3/c1-6-7-8-9-10-11-12-13-14-15-16-17-18-19-33(36)38-26-31(34(4,5)37)30-25-35-32-23-22-28(24-29(30)32)21-20-27(2)3/h20,22-25,31,35,37H,6-19,21,26H2,1-5H3/t31-/m1/s1. The average Bonchev–Trinajstić information content (AvgIpc) is 3.27. The number of fused-ring (bicyclic) bond motifs is 1. The Labute approximate surface area is 232 Å². The Morgan fingerprint density at radius 3 is 2.08 bits per heavy atom. The Hall–Kier alpha value is -2.07. The number of carbonyl (C=O) groups excluding carboxylic acids is 1. The van der Waals surface area contributed by atoms with Crippen LogP contribution in [0.25, 0.3) is 10.9 Å². The fourth-order valence-corrected chi connectivity index (χ4v) is 5.14. The summed E-state index contributed by atoms with van der Waals surface area (Å²) in [6.07, 6.45) is 22.3. The Morgan fingerprint density at radius 1 is 0.947 bits per heavy atom.